The summed E-state index contributed by atoms with van der Waals surface area (Å²) in [7, 11) is 0. The Morgan fingerprint density at radius 3 is 2.84 bits per heavy atom. The van der Waals surface area contributed by atoms with Gasteiger partial charge in [0.1, 0.15) is 5.82 Å². The van der Waals surface area contributed by atoms with Crippen molar-refractivity contribution >= 4 is 11.6 Å². The van der Waals surface area contributed by atoms with Gasteiger partial charge < -0.3 is 5.32 Å². The normalized spacial score (nSPS) is 27.5. The molecule has 0 amide bonds. The van der Waals surface area contributed by atoms with Gasteiger partial charge in [-0.2, -0.15) is 0 Å². The van der Waals surface area contributed by atoms with Gasteiger partial charge in [0.25, 0.3) is 0 Å². The molecule has 1 nitrogen and oxygen atoms in total. The van der Waals surface area contributed by atoms with Gasteiger partial charge in [0.05, 0.1) is 0 Å². The van der Waals surface area contributed by atoms with Crippen LogP contribution in [0.3, 0.4) is 0 Å². The van der Waals surface area contributed by atoms with Crippen LogP contribution in [0.4, 0.5) is 4.39 Å². The first-order valence-electron chi connectivity index (χ1n) is 7.27. The van der Waals surface area contributed by atoms with Crippen LogP contribution >= 0.6 is 11.6 Å². The number of nitrogens with one attached hydrogen (secondary N) is 1. The van der Waals surface area contributed by atoms with E-state index >= 15 is 0 Å². The van der Waals surface area contributed by atoms with Crippen LogP contribution in [0.25, 0.3) is 0 Å². The number of rotatable bonds is 4. The summed E-state index contributed by atoms with van der Waals surface area (Å²) in [6, 6.07) is 5.57. The second-order valence-corrected chi connectivity index (χ2v) is 6.22. The maximum Gasteiger partial charge on any atom is 0.127 e. The van der Waals surface area contributed by atoms with Crippen LogP contribution in [-0.2, 0) is 6.42 Å². The van der Waals surface area contributed by atoms with Crippen LogP contribution in [-0.4, -0.2) is 12.6 Å². The standard InChI is InChI=1S/C16H23ClFN/c1-3-19-16-7-4-11(2)8-13(16)9-12-5-6-14(17)10-15(12)18/h5-6,10-11,13,16,19H,3-4,7-9H2,1-2H3. The van der Waals surface area contributed by atoms with E-state index < -0.39 is 0 Å². The zero-order valence-electron chi connectivity index (χ0n) is 11.8. The molecule has 3 heteroatoms. The highest BCUT2D eigenvalue weighted by Crippen LogP contribution is 2.32. The first kappa shape index (κ1) is 14.8. The summed E-state index contributed by atoms with van der Waals surface area (Å²) in [6.45, 7) is 5.42. The topological polar surface area (TPSA) is 12.0 Å². The Kier molecular flexibility index (Phi) is 5.23. The van der Waals surface area contributed by atoms with Gasteiger partial charge >= 0.3 is 0 Å². The zero-order valence-corrected chi connectivity index (χ0v) is 12.5. The van der Waals surface area contributed by atoms with Crippen molar-refractivity contribution in [3.05, 3.63) is 34.6 Å². The summed E-state index contributed by atoms with van der Waals surface area (Å²) < 4.78 is 13.9. The molecule has 2 rings (SSSR count). The molecule has 3 unspecified atom stereocenters. The second-order valence-electron chi connectivity index (χ2n) is 5.78. The maximum absolute atomic E-state index is 13.9. The molecular weight excluding hydrogens is 261 g/mol. The van der Waals surface area contributed by atoms with Crippen molar-refractivity contribution in [3.8, 4) is 0 Å². The molecule has 1 aliphatic carbocycles. The lowest BCUT2D eigenvalue weighted by molar-refractivity contribution is 0.213. The fourth-order valence-electron chi connectivity index (χ4n) is 3.22. The minimum Gasteiger partial charge on any atom is -0.314 e. The van der Waals surface area contributed by atoms with Crippen molar-refractivity contribution in [2.24, 2.45) is 11.8 Å². The SMILES string of the molecule is CCNC1CCC(C)CC1Cc1ccc(Cl)cc1F. The van der Waals surface area contributed by atoms with E-state index in [4.69, 9.17) is 11.6 Å². The number of hydrogen-bond donors (Lipinski definition) is 1. The molecule has 1 N–H and O–H groups in total. The highest BCUT2D eigenvalue weighted by molar-refractivity contribution is 6.30. The fourth-order valence-corrected chi connectivity index (χ4v) is 3.38. The molecule has 19 heavy (non-hydrogen) atoms. The molecule has 1 aromatic rings. The number of halogens is 2. The van der Waals surface area contributed by atoms with E-state index in [1.54, 1.807) is 6.07 Å². The fraction of sp³-hybridized carbons (Fsp3) is 0.625. The van der Waals surface area contributed by atoms with E-state index in [0.29, 0.717) is 17.0 Å². The molecule has 0 heterocycles. The van der Waals surface area contributed by atoms with Gasteiger partial charge in [-0.05, 0) is 61.8 Å². The third-order valence-electron chi connectivity index (χ3n) is 4.21. The Bertz CT molecular complexity index is 421. The molecule has 0 radical (unpaired) electrons. The third kappa shape index (κ3) is 3.93. The molecule has 0 aromatic heterocycles. The molecule has 1 saturated carbocycles. The van der Waals surface area contributed by atoms with Gasteiger partial charge in [0, 0.05) is 11.1 Å². The monoisotopic (exact) mass is 283 g/mol. The molecular formula is C16H23ClFN. The molecule has 106 valence electrons. The molecule has 1 aromatic carbocycles. The summed E-state index contributed by atoms with van der Waals surface area (Å²) in [6.07, 6.45) is 4.47. The van der Waals surface area contributed by atoms with Crippen LogP contribution < -0.4 is 5.32 Å². The van der Waals surface area contributed by atoms with E-state index in [1.165, 1.54) is 25.3 Å². The minimum absolute atomic E-state index is 0.166. The lowest BCUT2D eigenvalue weighted by Crippen LogP contribution is -2.41. The Hall–Kier alpha value is -0.600. The van der Waals surface area contributed by atoms with Gasteiger partial charge in [-0.25, -0.2) is 4.39 Å². The molecule has 3 atom stereocenters. The average molecular weight is 284 g/mol. The van der Waals surface area contributed by atoms with E-state index in [1.807, 2.05) is 6.07 Å². The van der Waals surface area contributed by atoms with Crippen molar-refractivity contribution in [2.45, 2.75) is 45.6 Å². The summed E-state index contributed by atoms with van der Waals surface area (Å²) in [5, 5.41) is 4.03. The third-order valence-corrected chi connectivity index (χ3v) is 4.44. The van der Waals surface area contributed by atoms with Gasteiger partial charge in [0.2, 0.25) is 0 Å². The van der Waals surface area contributed by atoms with Crippen LogP contribution in [0.5, 0.6) is 0 Å². The zero-order chi connectivity index (χ0) is 13.8. The van der Waals surface area contributed by atoms with Gasteiger partial charge in [-0.3, -0.25) is 0 Å². The Labute approximate surface area is 120 Å². The Morgan fingerprint density at radius 2 is 2.16 bits per heavy atom. The molecule has 0 spiro atoms. The maximum atomic E-state index is 13.9. The van der Waals surface area contributed by atoms with Crippen molar-refractivity contribution in [2.75, 3.05) is 6.54 Å². The van der Waals surface area contributed by atoms with E-state index in [-0.39, 0.29) is 5.82 Å². The average Bonchev–Trinajstić information content (AvgIpc) is 2.36. The Morgan fingerprint density at radius 1 is 1.37 bits per heavy atom. The second kappa shape index (κ2) is 6.71. The molecule has 1 fully saturated rings. The van der Waals surface area contributed by atoms with Crippen molar-refractivity contribution in [3.63, 3.8) is 0 Å². The predicted octanol–water partition coefficient (Wildman–Crippen LogP) is 4.44. The largest absolute Gasteiger partial charge is 0.314 e. The van der Waals surface area contributed by atoms with E-state index in [2.05, 4.69) is 19.2 Å². The van der Waals surface area contributed by atoms with Gasteiger partial charge in [-0.1, -0.05) is 31.5 Å². The predicted molar refractivity (Wildman–Crippen MR) is 79.1 cm³/mol. The molecule has 0 saturated heterocycles. The van der Waals surface area contributed by atoms with Gasteiger partial charge in [-0.15, -0.1) is 0 Å². The highest BCUT2D eigenvalue weighted by atomic mass is 35.5. The minimum atomic E-state index is -0.166. The molecule has 1 aliphatic rings. The summed E-state index contributed by atoms with van der Waals surface area (Å²) in [5.41, 5.74) is 0.798. The highest BCUT2D eigenvalue weighted by Gasteiger charge is 2.28. The summed E-state index contributed by atoms with van der Waals surface area (Å²) in [4.78, 5) is 0. The van der Waals surface area contributed by atoms with Crippen molar-refractivity contribution in [1.82, 2.24) is 5.32 Å². The van der Waals surface area contributed by atoms with E-state index in [0.717, 1.165) is 24.4 Å². The summed E-state index contributed by atoms with van der Waals surface area (Å²) >= 11 is 5.81. The quantitative estimate of drug-likeness (QED) is 0.862. The van der Waals surface area contributed by atoms with Crippen LogP contribution in [0.2, 0.25) is 5.02 Å². The Balaban J connectivity index is 2.09. The first-order chi connectivity index (χ1) is 9.10. The van der Waals surface area contributed by atoms with Crippen LogP contribution in [0.15, 0.2) is 18.2 Å². The molecule has 0 aliphatic heterocycles. The lowest BCUT2D eigenvalue weighted by atomic mass is 9.76. The first-order valence-corrected chi connectivity index (χ1v) is 7.65. The smallest absolute Gasteiger partial charge is 0.127 e. The summed E-state index contributed by atoms with van der Waals surface area (Å²) in [5.74, 6) is 1.11. The van der Waals surface area contributed by atoms with Crippen LogP contribution in [0.1, 0.15) is 38.7 Å². The van der Waals surface area contributed by atoms with Crippen molar-refractivity contribution < 1.29 is 4.39 Å². The van der Waals surface area contributed by atoms with Crippen molar-refractivity contribution in [1.29, 1.82) is 0 Å². The number of benzene rings is 1. The van der Waals surface area contributed by atoms with Gasteiger partial charge in [0.15, 0.2) is 0 Å². The van der Waals surface area contributed by atoms with Crippen LogP contribution in [0, 0.1) is 17.7 Å². The molecule has 0 bridgehead atoms. The number of hydrogen-bond acceptors (Lipinski definition) is 1. The van der Waals surface area contributed by atoms with E-state index in [9.17, 15) is 4.39 Å². The lowest BCUT2D eigenvalue weighted by Gasteiger charge is -2.35.